The lowest BCUT2D eigenvalue weighted by Crippen LogP contribution is -2.16. The SMILES string of the molecule is NCCCCn1cc(Cc2ccccc2)[nH]c1=O. The molecule has 0 aliphatic rings. The lowest BCUT2D eigenvalue weighted by Gasteiger charge is -1.99. The first-order valence-corrected chi connectivity index (χ1v) is 6.32. The molecule has 0 unspecified atom stereocenters. The van der Waals surface area contributed by atoms with E-state index in [2.05, 4.69) is 17.1 Å². The second kappa shape index (κ2) is 6.21. The number of unbranched alkanes of at least 4 members (excludes halogenated alkanes) is 1. The van der Waals surface area contributed by atoms with Gasteiger partial charge in [0.2, 0.25) is 0 Å². The Hall–Kier alpha value is -1.81. The normalized spacial score (nSPS) is 10.7. The Kier molecular flexibility index (Phi) is 4.36. The van der Waals surface area contributed by atoms with Crippen molar-refractivity contribution in [2.75, 3.05) is 6.54 Å². The number of aromatic amines is 1. The predicted octanol–water partition coefficient (Wildman–Crippen LogP) is 1.51. The van der Waals surface area contributed by atoms with Crippen LogP contribution in [0, 0.1) is 0 Å². The van der Waals surface area contributed by atoms with Gasteiger partial charge in [0.25, 0.3) is 0 Å². The number of H-pyrrole nitrogens is 1. The second-order valence-corrected chi connectivity index (χ2v) is 4.44. The first-order chi connectivity index (χ1) is 8.79. The van der Waals surface area contributed by atoms with Crippen LogP contribution in [0.1, 0.15) is 24.1 Å². The summed E-state index contributed by atoms with van der Waals surface area (Å²) in [5.41, 5.74) is 7.57. The summed E-state index contributed by atoms with van der Waals surface area (Å²) < 4.78 is 1.73. The molecule has 0 amide bonds. The van der Waals surface area contributed by atoms with Crippen LogP contribution in [-0.2, 0) is 13.0 Å². The van der Waals surface area contributed by atoms with Crippen molar-refractivity contribution in [2.24, 2.45) is 5.73 Å². The van der Waals surface area contributed by atoms with Crippen molar-refractivity contribution in [3.8, 4) is 0 Å². The number of nitrogens with zero attached hydrogens (tertiary/aromatic N) is 1. The molecular weight excluding hydrogens is 226 g/mol. The first-order valence-electron chi connectivity index (χ1n) is 6.32. The van der Waals surface area contributed by atoms with Crippen LogP contribution in [-0.4, -0.2) is 16.1 Å². The molecule has 0 aliphatic carbocycles. The number of benzene rings is 1. The lowest BCUT2D eigenvalue weighted by atomic mass is 10.1. The maximum atomic E-state index is 11.7. The van der Waals surface area contributed by atoms with E-state index in [1.54, 1.807) is 4.57 Å². The van der Waals surface area contributed by atoms with E-state index in [9.17, 15) is 4.79 Å². The fourth-order valence-corrected chi connectivity index (χ4v) is 1.99. The molecule has 0 radical (unpaired) electrons. The topological polar surface area (TPSA) is 63.8 Å². The quantitative estimate of drug-likeness (QED) is 0.758. The summed E-state index contributed by atoms with van der Waals surface area (Å²) in [6.45, 7) is 1.41. The lowest BCUT2D eigenvalue weighted by molar-refractivity contribution is 0.600. The molecule has 0 spiro atoms. The zero-order valence-electron chi connectivity index (χ0n) is 10.4. The van der Waals surface area contributed by atoms with Crippen molar-refractivity contribution in [1.29, 1.82) is 0 Å². The molecule has 0 bridgehead atoms. The standard InChI is InChI=1S/C14H19N3O/c15-8-4-5-9-17-11-13(16-14(17)18)10-12-6-2-1-3-7-12/h1-3,6-7,11H,4-5,8-10,15H2,(H,16,18). The molecule has 2 rings (SSSR count). The number of nitrogens with one attached hydrogen (secondary N) is 1. The third kappa shape index (κ3) is 3.34. The number of hydrogen-bond acceptors (Lipinski definition) is 2. The first kappa shape index (κ1) is 12.6. The molecule has 4 nitrogen and oxygen atoms in total. The Morgan fingerprint density at radius 2 is 1.94 bits per heavy atom. The van der Waals surface area contributed by atoms with E-state index >= 15 is 0 Å². The molecule has 4 heteroatoms. The number of rotatable bonds is 6. The van der Waals surface area contributed by atoms with Gasteiger partial charge in [-0.05, 0) is 24.9 Å². The van der Waals surface area contributed by atoms with E-state index in [0.717, 1.165) is 31.5 Å². The molecule has 1 aromatic heterocycles. The molecule has 1 aromatic carbocycles. The van der Waals surface area contributed by atoms with Crippen LogP contribution in [0.5, 0.6) is 0 Å². The van der Waals surface area contributed by atoms with E-state index in [0.29, 0.717) is 6.54 Å². The molecule has 0 aliphatic heterocycles. The summed E-state index contributed by atoms with van der Waals surface area (Å²) >= 11 is 0. The van der Waals surface area contributed by atoms with E-state index in [1.807, 2.05) is 24.4 Å². The third-order valence-electron chi connectivity index (χ3n) is 2.93. The third-order valence-corrected chi connectivity index (χ3v) is 2.93. The summed E-state index contributed by atoms with van der Waals surface area (Å²) in [7, 11) is 0. The molecule has 3 N–H and O–H groups in total. The highest BCUT2D eigenvalue weighted by atomic mass is 16.1. The minimum atomic E-state index is -0.0297. The van der Waals surface area contributed by atoms with Crippen molar-refractivity contribution in [1.82, 2.24) is 9.55 Å². The minimum absolute atomic E-state index is 0.0297. The van der Waals surface area contributed by atoms with Gasteiger partial charge in [0.05, 0.1) is 0 Å². The second-order valence-electron chi connectivity index (χ2n) is 4.44. The number of hydrogen-bond donors (Lipinski definition) is 2. The van der Waals surface area contributed by atoms with Crippen LogP contribution in [0.15, 0.2) is 41.3 Å². The van der Waals surface area contributed by atoms with Gasteiger partial charge in [-0.2, -0.15) is 0 Å². The van der Waals surface area contributed by atoms with Gasteiger partial charge >= 0.3 is 5.69 Å². The van der Waals surface area contributed by atoms with Crippen molar-refractivity contribution >= 4 is 0 Å². The average Bonchev–Trinajstić information content (AvgIpc) is 2.71. The Morgan fingerprint density at radius 1 is 1.17 bits per heavy atom. The number of nitrogens with two attached hydrogens (primary N) is 1. The highest BCUT2D eigenvalue weighted by molar-refractivity contribution is 5.20. The van der Waals surface area contributed by atoms with Crippen LogP contribution in [0.25, 0.3) is 0 Å². The van der Waals surface area contributed by atoms with Gasteiger partial charge < -0.3 is 10.7 Å². The van der Waals surface area contributed by atoms with Crippen LogP contribution >= 0.6 is 0 Å². The molecular formula is C14H19N3O. The zero-order chi connectivity index (χ0) is 12.8. The molecule has 1 heterocycles. The number of aryl methyl sites for hydroxylation is 1. The van der Waals surface area contributed by atoms with E-state index in [4.69, 9.17) is 5.73 Å². The summed E-state index contributed by atoms with van der Waals surface area (Å²) in [5.74, 6) is 0. The smallest absolute Gasteiger partial charge is 0.325 e. The van der Waals surface area contributed by atoms with E-state index < -0.39 is 0 Å². The Bertz CT molecular complexity index is 527. The fraction of sp³-hybridized carbons (Fsp3) is 0.357. The average molecular weight is 245 g/mol. The van der Waals surface area contributed by atoms with Gasteiger partial charge in [0, 0.05) is 24.9 Å². The molecule has 96 valence electrons. The predicted molar refractivity (Wildman–Crippen MR) is 72.6 cm³/mol. The Balaban J connectivity index is 2.02. The van der Waals surface area contributed by atoms with Crippen molar-refractivity contribution < 1.29 is 0 Å². The maximum absolute atomic E-state index is 11.7. The molecule has 18 heavy (non-hydrogen) atoms. The maximum Gasteiger partial charge on any atom is 0.325 e. The van der Waals surface area contributed by atoms with E-state index in [-0.39, 0.29) is 5.69 Å². The minimum Gasteiger partial charge on any atom is -0.330 e. The highest BCUT2D eigenvalue weighted by Gasteiger charge is 2.03. The highest BCUT2D eigenvalue weighted by Crippen LogP contribution is 2.05. The molecule has 0 atom stereocenters. The summed E-state index contributed by atoms with van der Waals surface area (Å²) in [6, 6.07) is 10.1. The summed E-state index contributed by atoms with van der Waals surface area (Å²) in [5, 5.41) is 0. The van der Waals surface area contributed by atoms with E-state index in [1.165, 1.54) is 5.56 Å². The molecule has 0 saturated carbocycles. The van der Waals surface area contributed by atoms with Gasteiger partial charge in [-0.3, -0.25) is 4.57 Å². The van der Waals surface area contributed by atoms with Crippen LogP contribution in [0.3, 0.4) is 0 Å². The van der Waals surface area contributed by atoms with Crippen molar-refractivity contribution in [3.63, 3.8) is 0 Å². The summed E-state index contributed by atoms with van der Waals surface area (Å²) in [6.07, 6.45) is 4.57. The molecule has 2 aromatic rings. The number of aromatic nitrogens is 2. The van der Waals surface area contributed by atoms with Crippen LogP contribution in [0.2, 0.25) is 0 Å². The van der Waals surface area contributed by atoms with Crippen molar-refractivity contribution in [2.45, 2.75) is 25.8 Å². The fourth-order valence-electron chi connectivity index (χ4n) is 1.99. The molecule has 0 fully saturated rings. The zero-order valence-corrected chi connectivity index (χ0v) is 10.4. The van der Waals surface area contributed by atoms with Gasteiger partial charge in [0.1, 0.15) is 0 Å². The van der Waals surface area contributed by atoms with Gasteiger partial charge in [-0.15, -0.1) is 0 Å². The largest absolute Gasteiger partial charge is 0.330 e. The van der Waals surface area contributed by atoms with Crippen LogP contribution < -0.4 is 11.4 Å². The Labute approximate surface area is 106 Å². The summed E-state index contributed by atoms with van der Waals surface area (Å²) in [4.78, 5) is 14.6. The number of imidazole rings is 1. The molecule has 0 saturated heterocycles. The van der Waals surface area contributed by atoms with Gasteiger partial charge in [0.15, 0.2) is 0 Å². The van der Waals surface area contributed by atoms with Gasteiger partial charge in [-0.25, -0.2) is 4.79 Å². The van der Waals surface area contributed by atoms with Crippen molar-refractivity contribution in [3.05, 3.63) is 58.3 Å². The van der Waals surface area contributed by atoms with Gasteiger partial charge in [-0.1, -0.05) is 30.3 Å². The van der Waals surface area contributed by atoms with Crippen LogP contribution in [0.4, 0.5) is 0 Å². The Morgan fingerprint density at radius 3 is 2.67 bits per heavy atom. The monoisotopic (exact) mass is 245 g/mol.